The molecule has 110 valence electrons. The summed E-state index contributed by atoms with van der Waals surface area (Å²) in [6, 6.07) is 7.65. The fourth-order valence-corrected chi connectivity index (χ4v) is 2.20. The molecular weight excluding hydrogens is 274 g/mol. The molecule has 21 heavy (non-hydrogen) atoms. The van der Waals surface area contributed by atoms with Gasteiger partial charge in [-0.1, -0.05) is 12.1 Å². The highest BCUT2D eigenvalue weighted by molar-refractivity contribution is 6.12. The van der Waals surface area contributed by atoms with Crippen molar-refractivity contribution in [3.8, 4) is 0 Å². The zero-order chi connectivity index (χ0) is 14.8. The maximum Gasteiger partial charge on any atom is 0.509 e. The molecule has 0 bridgehead atoms. The van der Waals surface area contributed by atoms with Crippen LogP contribution >= 0.6 is 0 Å². The summed E-state index contributed by atoms with van der Waals surface area (Å²) in [5.41, 5.74) is 1.96. The van der Waals surface area contributed by atoms with Gasteiger partial charge < -0.3 is 14.4 Å². The van der Waals surface area contributed by atoms with Gasteiger partial charge in [-0.05, 0) is 17.7 Å². The number of carbonyl (C=O) groups excluding carboxylic acids is 3. The first-order valence-electron chi connectivity index (χ1n) is 6.86. The van der Waals surface area contributed by atoms with Crippen LogP contribution in [0.3, 0.4) is 0 Å². The predicted molar refractivity (Wildman–Crippen MR) is 73.0 cm³/mol. The van der Waals surface area contributed by atoms with Gasteiger partial charge in [-0.3, -0.25) is 9.59 Å². The van der Waals surface area contributed by atoms with Gasteiger partial charge in [-0.15, -0.1) is 0 Å². The van der Waals surface area contributed by atoms with E-state index in [-0.39, 0.29) is 31.0 Å². The monoisotopic (exact) mass is 289 g/mol. The van der Waals surface area contributed by atoms with E-state index in [4.69, 9.17) is 9.47 Å². The van der Waals surface area contributed by atoms with Crippen LogP contribution in [0.5, 0.6) is 0 Å². The Morgan fingerprint density at radius 2 is 1.71 bits per heavy atom. The van der Waals surface area contributed by atoms with Crippen molar-refractivity contribution in [2.45, 2.75) is 25.6 Å². The molecule has 1 aromatic carbocycles. The molecule has 0 radical (unpaired) electrons. The molecule has 0 spiro atoms. The summed E-state index contributed by atoms with van der Waals surface area (Å²) in [7, 11) is 0. The Morgan fingerprint density at radius 1 is 1.10 bits per heavy atom. The number of Topliss-reactive ketones (excluding diaryl/α,β-unsaturated/α-hetero) is 2. The number of hydrogen-bond acceptors (Lipinski definition) is 6. The average Bonchev–Trinajstić information content (AvgIpc) is 3.28. The topological polar surface area (TPSA) is 72.7 Å². The van der Waals surface area contributed by atoms with Crippen LogP contribution in [0.2, 0.25) is 0 Å². The molecule has 3 rings (SSSR count). The third-order valence-electron chi connectivity index (χ3n) is 3.52. The van der Waals surface area contributed by atoms with E-state index >= 15 is 0 Å². The van der Waals surface area contributed by atoms with Gasteiger partial charge >= 0.3 is 6.16 Å². The van der Waals surface area contributed by atoms with Gasteiger partial charge in [-0.2, -0.15) is 0 Å². The van der Waals surface area contributed by atoms with E-state index in [0.717, 1.165) is 24.3 Å². The van der Waals surface area contributed by atoms with Gasteiger partial charge in [0.1, 0.15) is 6.61 Å². The minimum atomic E-state index is -1.28. The highest BCUT2D eigenvalue weighted by Gasteiger charge is 2.36. The van der Waals surface area contributed by atoms with Crippen molar-refractivity contribution in [1.29, 1.82) is 0 Å². The second-order valence-corrected chi connectivity index (χ2v) is 5.12. The summed E-state index contributed by atoms with van der Waals surface area (Å²) < 4.78 is 9.68. The molecule has 0 amide bonds. The second-order valence-electron chi connectivity index (χ2n) is 5.12. The first-order valence-corrected chi connectivity index (χ1v) is 6.86. The first kappa shape index (κ1) is 13.6. The number of ketones is 2. The maximum absolute atomic E-state index is 11.5. The largest absolute Gasteiger partial charge is 0.509 e. The zero-order valence-corrected chi connectivity index (χ0v) is 11.4. The molecule has 1 saturated carbocycles. The fraction of sp³-hybridized carbons (Fsp3) is 0.400. The third-order valence-corrected chi connectivity index (χ3v) is 3.52. The number of anilines is 1. The Kier molecular flexibility index (Phi) is 3.60. The molecule has 0 aromatic heterocycles. The summed E-state index contributed by atoms with van der Waals surface area (Å²) in [6.45, 7) is 2.20. The minimum Gasteiger partial charge on any atom is -0.429 e. The number of nitrogens with zero attached hydrogens (tertiary/aromatic N) is 1. The smallest absolute Gasteiger partial charge is 0.429 e. The molecule has 0 unspecified atom stereocenters. The van der Waals surface area contributed by atoms with Crippen molar-refractivity contribution in [3.05, 3.63) is 29.8 Å². The molecule has 6 heteroatoms. The molecule has 1 aliphatic carbocycles. The van der Waals surface area contributed by atoms with E-state index < -0.39 is 12.3 Å². The molecule has 6 nitrogen and oxygen atoms in total. The molecule has 1 heterocycles. The Labute approximate surface area is 121 Å². The lowest BCUT2D eigenvalue weighted by atomic mass is 10.2. The number of rotatable bonds is 4. The summed E-state index contributed by atoms with van der Waals surface area (Å²) in [5, 5.41) is 0. The van der Waals surface area contributed by atoms with Crippen molar-refractivity contribution in [3.63, 3.8) is 0 Å². The van der Waals surface area contributed by atoms with Gasteiger partial charge in [-0.25, -0.2) is 4.79 Å². The van der Waals surface area contributed by atoms with Crippen LogP contribution < -0.4 is 4.90 Å². The normalized spacial score (nSPS) is 18.0. The summed E-state index contributed by atoms with van der Waals surface area (Å²) in [6.07, 6.45) is -2.00. The van der Waals surface area contributed by atoms with Crippen LogP contribution in [-0.2, 0) is 25.7 Å². The number of hydrogen-bond donors (Lipinski definition) is 0. The summed E-state index contributed by atoms with van der Waals surface area (Å²) >= 11 is 0. The van der Waals surface area contributed by atoms with Crippen molar-refractivity contribution in [2.75, 3.05) is 18.0 Å². The van der Waals surface area contributed by atoms with Crippen LogP contribution in [0.25, 0.3) is 0 Å². The second kappa shape index (κ2) is 5.55. The molecule has 2 aliphatic rings. The zero-order valence-electron chi connectivity index (χ0n) is 11.4. The van der Waals surface area contributed by atoms with E-state index in [1.54, 1.807) is 0 Å². The Morgan fingerprint density at radius 3 is 2.29 bits per heavy atom. The van der Waals surface area contributed by atoms with E-state index in [2.05, 4.69) is 4.90 Å². The highest BCUT2D eigenvalue weighted by Crippen LogP contribution is 2.21. The van der Waals surface area contributed by atoms with E-state index in [9.17, 15) is 14.4 Å². The van der Waals surface area contributed by atoms with Crippen LogP contribution in [0, 0.1) is 0 Å². The minimum absolute atomic E-state index is 0.0498. The van der Waals surface area contributed by atoms with Crippen molar-refractivity contribution < 1.29 is 23.9 Å². The SMILES string of the molecule is O=C(OCc1ccc(N2CC2)cc1)OC1C(=O)CCC1=O. The molecule has 2 fully saturated rings. The summed E-state index contributed by atoms with van der Waals surface area (Å²) in [5.74, 6) is -0.723. The van der Waals surface area contributed by atoms with Crippen LogP contribution in [-0.4, -0.2) is 36.9 Å². The average molecular weight is 289 g/mol. The molecule has 1 saturated heterocycles. The third kappa shape index (κ3) is 3.21. The summed E-state index contributed by atoms with van der Waals surface area (Å²) in [4.78, 5) is 36.4. The Bertz CT molecular complexity index is 560. The van der Waals surface area contributed by atoms with Gasteiger partial charge in [0.05, 0.1) is 0 Å². The van der Waals surface area contributed by atoms with Gasteiger partial charge in [0.15, 0.2) is 11.6 Å². The van der Waals surface area contributed by atoms with Crippen molar-refractivity contribution in [1.82, 2.24) is 0 Å². The lowest BCUT2D eigenvalue weighted by Gasteiger charge is -2.10. The number of carbonyl (C=O) groups is 3. The standard InChI is InChI=1S/C15H15NO5/c17-12-5-6-13(18)14(12)21-15(19)20-9-10-1-3-11(4-2-10)16-7-8-16/h1-4,14H,5-9H2. The van der Waals surface area contributed by atoms with Crippen molar-refractivity contribution >= 4 is 23.4 Å². The first-order chi connectivity index (χ1) is 10.1. The lowest BCUT2D eigenvalue weighted by molar-refractivity contribution is -0.134. The molecule has 1 aliphatic heterocycles. The van der Waals surface area contributed by atoms with Crippen LogP contribution in [0.1, 0.15) is 18.4 Å². The molecule has 0 atom stereocenters. The van der Waals surface area contributed by atoms with E-state index in [0.29, 0.717) is 0 Å². The van der Waals surface area contributed by atoms with Gasteiger partial charge in [0, 0.05) is 31.6 Å². The van der Waals surface area contributed by atoms with E-state index in [1.807, 2.05) is 24.3 Å². The van der Waals surface area contributed by atoms with Gasteiger partial charge in [0.25, 0.3) is 0 Å². The number of ether oxygens (including phenoxy) is 2. The highest BCUT2D eigenvalue weighted by atomic mass is 16.7. The Hall–Kier alpha value is -2.37. The van der Waals surface area contributed by atoms with Crippen LogP contribution in [0.15, 0.2) is 24.3 Å². The van der Waals surface area contributed by atoms with Crippen LogP contribution in [0.4, 0.5) is 10.5 Å². The predicted octanol–water partition coefficient (Wildman–Crippen LogP) is 1.46. The number of benzene rings is 1. The van der Waals surface area contributed by atoms with E-state index in [1.165, 1.54) is 0 Å². The Balaban J connectivity index is 1.48. The lowest BCUT2D eigenvalue weighted by Crippen LogP contribution is -2.28. The fourth-order valence-electron chi connectivity index (χ4n) is 2.20. The van der Waals surface area contributed by atoms with Crippen molar-refractivity contribution in [2.24, 2.45) is 0 Å². The maximum atomic E-state index is 11.5. The quantitative estimate of drug-likeness (QED) is 0.475. The molecule has 0 N–H and O–H groups in total. The van der Waals surface area contributed by atoms with Gasteiger partial charge in [0.2, 0.25) is 6.10 Å². The molecule has 1 aromatic rings. The molecular formula is C15H15NO5.